The smallest absolute Gasteiger partial charge is 0.310 e. The molecule has 0 saturated carbocycles. The molecule has 0 amide bonds. The minimum atomic E-state index is -1.53. The van der Waals surface area contributed by atoms with E-state index >= 15 is 0 Å². The second-order valence-corrected chi connectivity index (χ2v) is 3.34. The van der Waals surface area contributed by atoms with Crippen LogP contribution in [0.4, 0.5) is 11.4 Å². The molecule has 0 spiro atoms. The molecule has 2 atom stereocenters. The van der Waals surface area contributed by atoms with Gasteiger partial charge in [0, 0.05) is 16.7 Å². The molecule has 18 heavy (non-hydrogen) atoms. The molecule has 96 valence electrons. The fraction of sp³-hybridized carbons (Fsp3) is 0.375. The lowest BCUT2D eigenvalue weighted by atomic mass is 10.0. The first kappa shape index (κ1) is 13.6. The summed E-state index contributed by atoms with van der Waals surface area (Å²) in [5.41, 5.74) is 12.7. The summed E-state index contributed by atoms with van der Waals surface area (Å²) >= 11 is 0. The van der Waals surface area contributed by atoms with Gasteiger partial charge in [-0.2, -0.15) is 0 Å². The second-order valence-electron chi connectivity index (χ2n) is 3.34. The number of aliphatic hydroxyl groups is 2. The third-order valence-electron chi connectivity index (χ3n) is 2.21. The Labute approximate surface area is 100 Å². The molecule has 0 bridgehead atoms. The largest absolute Gasteiger partial charge is 0.393 e. The molecule has 1 heterocycles. The van der Waals surface area contributed by atoms with Crippen LogP contribution in [0.15, 0.2) is 17.5 Å². The summed E-state index contributed by atoms with van der Waals surface area (Å²) in [5, 5.41) is 32.9. The van der Waals surface area contributed by atoms with Crippen molar-refractivity contribution in [3.8, 4) is 0 Å². The van der Waals surface area contributed by atoms with Crippen LogP contribution >= 0.6 is 0 Å². The Balaban J connectivity index is 3.05. The minimum Gasteiger partial charge on any atom is -0.393 e. The molecule has 4 N–H and O–H groups in total. The lowest BCUT2D eigenvalue weighted by Gasteiger charge is -2.17. The molecule has 1 aromatic heterocycles. The summed E-state index contributed by atoms with van der Waals surface area (Å²) in [6.45, 7) is -0.389. The van der Waals surface area contributed by atoms with Gasteiger partial charge < -0.3 is 15.9 Å². The number of anilines is 1. The molecule has 10 nitrogen and oxygen atoms in total. The van der Waals surface area contributed by atoms with Gasteiger partial charge in [-0.3, -0.25) is 15.1 Å². The van der Waals surface area contributed by atoms with Crippen LogP contribution in [-0.2, 0) is 0 Å². The average molecular weight is 254 g/mol. The highest BCUT2D eigenvalue weighted by molar-refractivity contribution is 5.62. The van der Waals surface area contributed by atoms with Gasteiger partial charge in [0.1, 0.15) is 18.0 Å². The average Bonchev–Trinajstić information content (AvgIpc) is 2.35. The van der Waals surface area contributed by atoms with Crippen LogP contribution in [0.1, 0.15) is 11.7 Å². The van der Waals surface area contributed by atoms with Crippen LogP contribution in [-0.4, -0.2) is 32.8 Å². The zero-order chi connectivity index (χ0) is 13.7. The van der Waals surface area contributed by atoms with E-state index in [1.54, 1.807) is 0 Å². The van der Waals surface area contributed by atoms with Crippen LogP contribution in [0.5, 0.6) is 0 Å². The maximum absolute atomic E-state index is 10.6. The van der Waals surface area contributed by atoms with Gasteiger partial charge in [-0.25, -0.2) is 0 Å². The summed E-state index contributed by atoms with van der Waals surface area (Å²) in [6.07, 6.45) is -0.910. The molecule has 1 aromatic rings. The number of nitrogen functional groups attached to an aromatic ring is 1. The van der Waals surface area contributed by atoms with Crippen molar-refractivity contribution in [2.45, 2.75) is 12.2 Å². The van der Waals surface area contributed by atoms with E-state index in [1.165, 1.54) is 0 Å². The minimum absolute atomic E-state index is 0.0927. The van der Waals surface area contributed by atoms with Gasteiger partial charge in [-0.05, 0) is 5.53 Å². The molecule has 10 heteroatoms. The van der Waals surface area contributed by atoms with Crippen molar-refractivity contribution >= 4 is 11.4 Å². The second kappa shape index (κ2) is 5.77. The first-order valence-electron chi connectivity index (χ1n) is 4.73. The summed E-state index contributed by atoms with van der Waals surface area (Å²) in [4.78, 5) is 15.8. The number of pyridine rings is 1. The highest BCUT2D eigenvalue weighted by Gasteiger charge is 2.25. The summed E-state index contributed by atoms with van der Waals surface area (Å²) in [7, 11) is 0. The van der Waals surface area contributed by atoms with E-state index in [2.05, 4.69) is 15.0 Å². The number of hydrogen-bond donors (Lipinski definition) is 3. The van der Waals surface area contributed by atoms with Crippen LogP contribution in [0.2, 0.25) is 0 Å². The maximum Gasteiger partial charge on any atom is 0.310 e. The normalized spacial score (nSPS) is 13.4. The summed E-state index contributed by atoms with van der Waals surface area (Å²) < 4.78 is 0. The summed E-state index contributed by atoms with van der Waals surface area (Å²) in [5.74, 6) is 0. The molecular weight excluding hydrogens is 244 g/mol. The van der Waals surface area contributed by atoms with Gasteiger partial charge in [0.15, 0.2) is 0 Å². The fourth-order valence-corrected chi connectivity index (χ4v) is 1.28. The van der Waals surface area contributed by atoms with E-state index in [0.29, 0.717) is 0 Å². The fourth-order valence-electron chi connectivity index (χ4n) is 1.28. The Morgan fingerprint density at radius 2 is 2.28 bits per heavy atom. The van der Waals surface area contributed by atoms with Gasteiger partial charge in [-0.1, -0.05) is 5.11 Å². The number of nitrogens with zero attached hydrogens (tertiary/aromatic N) is 5. The molecule has 0 aliphatic heterocycles. The number of nitro groups is 1. The molecule has 1 rings (SSSR count). The van der Waals surface area contributed by atoms with Gasteiger partial charge >= 0.3 is 5.69 Å². The van der Waals surface area contributed by atoms with Crippen molar-refractivity contribution < 1.29 is 15.1 Å². The third-order valence-corrected chi connectivity index (χ3v) is 2.21. The topological polar surface area (TPSA) is 171 Å². The number of rotatable bonds is 5. The first-order chi connectivity index (χ1) is 8.49. The van der Waals surface area contributed by atoms with Gasteiger partial charge in [0.25, 0.3) is 0 Å². The zero-order valence-electron chi connectivity index (χ0n) is 9.04. The monoisotopic (exact) mass is 254 g/mol. The van der Waals surface area contributed by atoms with E-state index in [1.807, 2.05) is 0 Å². The van der Waals surface area contributed by atoms with Crippen molar-refractivity contribution in [2.24, 2.45) is 5.11 Å². The molecular formula is C8H10N6O4. The quantitative estimate of drug-likeness (QED) is 0.224. The molecule has 0 aromatic carbocycles. The molecule has 0 radical (unpaired) electrons. The number of nitrogens with two attached hydrogens (primary N) is 1. The molecule has 0 aliphatic rings. The van der Waals surface area contributed by atoms with E-state index in [0.717, 1.165) is 12.4 Å². The number of aliphatic hydroxyl groups excluding tert-OH is 2. The highest BCUT2D eigenvalue weighted by atomic mass is 16.6. The van der Waals surface area contributed by atoms with Gasteiger partial charge in [0.05, 0.1) is 17.6 Å². The lowest BCUT2D eigenvalue weighted by Crippen LogP contribution is -2.22. The van der Waals surface area contributed by atoms with Crippen LogP contribution in [0.3, 0.4) is 0 Å². The van der Waals surface area contributed by atoms with E-state index < -0.39 is 22.8 Å². The lowest BCUT2D eigenvalue weighted by molar-refractivity contribution is -0.384. The highest BCUT2D eigenvalue weighted by Crippen LogP contribution is 2.29. The zero-order valence-corrected chi connectivity index (χ0v) is 9.04. The molecule has 0 fully saturated rings. The van der Waals surface area contributed by atoms with Crippen LogP contribution in [0, 0.1) is 10.1 Å². The van der Waals surface area contributed by atoms with Crippen molar-refractivity contribution in [1.82, 2.24) is 4.98 Å². The van der Waals surface area contributed by atoms with Gasteiger partial charge in [-0.15, -0.1) is 0 Å². The predicted molar refractivity (Wildman–Crippen MR) is 60.3 cm³/mol. The summed E-state index contributed by atoms with van der Waals surface area (Å²) in [6, 6.07) is 0. The van der Waals surface area contributed by atoms with E-state index in [-0.39, 0.29) is 17.8 Å². The van der Waals surface area contributed by atoms with Crippen molar-refractivity contribution in [3.05, 3.63) is 38.5 Å². The maximum atomic E-state index is 10.6. The number of hydrogen-bond acceptors (Lipinski definition) is 7. The van der Waals surface area contributed by atoms with E-state index in [4.69, 9.17) is 11.3 Å². The molecule has 2 unspecified atom stereocenters. The standard InChI is InChI=1S/C8H10N6O4/c9-7-4(1-11-2-5(7)14(17)18)8(16)6(15)3-12-13-10/h1-2,6,8,15-16H,3H2,(H2,9,11). The predicted octanol–water partition coefficient (Wildman–Crippen LogP) is 0.277. The Morgan fingerprint density at radius 3 is 2.83 bits per heavy atom. The van der Waals surface area contributed by atoms with Crippen LogP contribution < -0.4 is 5.73 Å². The van der Waals surface area contributed by atoms with Crippen molar-refractivity contribution in [1.29, 1.82) is 0 Å². The molecule has 0 saturated heterocycles. The van der Waals surface area contributed by atoms with Gasteiger partial charge in [0.2, 0.25) is 0 Å². The Bertz CT molecular complexity index is 500. The first-order valence-corrected chi connectivity index (χ1v) is 4.73. The Kier molecular flexibility index (Phi) is 4.38. The Hall–Kier alpha value is -2.42. The number of azide groups is 1. The van der Waals surface area contributed by atoms with Crippen LogP contribution in [0.25, 0.3) is 10.4 Å². The van der Waals surface area contributed by atoms with E-state index in [9.17, 15) is 20.3 Å². The number of aromatic nitrogens is 1. The van der Waals surface area contributed by atoms with Crippen molar-refractivity contribution in [3.63, 3.8) is 0 Å². The Morgan fingerprint density at radius 1 is 1.61 bits per heavy atom. The SMILES string of the molecule is [N-]=[N+]=NCC(O)C(O)c1cncc([N+](=O)[O-])c1N. The third kappa shape index (κ3) is 2.83. The molecule has 0 aliphatic carbocycles. The van der Waals surface area contributed by atoms with Crippen molar-refractivity contribution in [2.75, 3.05) is 12.3 Å².